The van der Waals surface area contributed by atoms with Crippen LogP contribution in [0.15, 0.2) is 5.16 Å². The highest BCUT2D eigenvalue weighted by molar-refractivity contribution is 5.89. The third-order valence-electron chi connectivity index (χ3n) is 3.18. The third-order valence-corrected chi connectivity index (χ3v) is 3.18. The quantitative estimate of drug-likeness (QED) is 0.326. The fourth-order valence-corrected chi connectivity index (χ4v) is 1.81. The van der Waals surface area contributed by atoms with Gasteiger partial charge in [-0.15, -0.1) is 0 Å². The van der Waals surface area contributed by atoms with Crippen molar-refractivity contribution >= 4 is 11.7 Å². The number of hydrogen-bond acceptors (Lipinski definition) is 3. The Balaban J connectivity index is 2.68. The molecule has 92 valence electrons. The van der Waals surface area contributed by atoms with Crippen LogP contribution in [0.5, 0.6) is 0 Å². The van der Waals surface area contributed by atoms with E-state index < -0.39 is 0 Å². The number of amidine groups is 1. The predicted octanol–water partition coefficient (Wildman–Crippen LogP) is 1.02. The highest BCUT2D eigenvalue weighted by atomic mass is 16.4. The van der Waals surface area contributed by atoms with E-state index in [1.54, 1.807) is 4.90 Å². The Labute approximate surface area is 96.3 Å². The molecule has 0 aliphatic heterocycles. The number of rotatable bonds is 4. The Hall–Kier alpha value is -1.26. The first kappa shape index (κ1) is 12.8. The van der Waals surface area contributed by atoms with Gasteiger partial charge in [-0.3, -0.25) is 4.79 Å². The largest absolute Gasteiger partial charge is 0.409 e. The molecule has 1 saturated carbocycles. The van der Waals surface area contributed by atoms with Crippen LogP contribution in [-0.2, 0) is 4.79 Å². The maximum Gasteiger partial charge on any atom is 0.226 e. The highest BCUT2D eigenvalue weighted by Gasteiger charge is 2.52. The fourth-order valence-electron chi connectivity index (χ4n) is 1.81. The minimum absolute atomic E-state index is 0.0594. The molecule has 0 spiro atoms. The molecule has 0 aromatic heterocycles. The normalized spacial score (nSPS) is 23.3. The van der Waals surface area contributed by atoms with Crippen molar-refractivity contribution in [3.8, 4) is 0 Å². The summed E-state index contributed by atoms with van der Waals surface area (Å²) in [4.78, 5) is 13.8. The second-order valence-corrected chi connectivity index (χ2v) is 5.40. The van der Waals surface area contributed by atoms with E-state index in [1.807, 2.05) is 13.8 Å². The average molecular weight is 227 g/mol. The monoisotopic (exact) mass is 227 g/mol. The van der Waals surface area contributed by atoms with Crippen molar-refractivity contribution in [1.29, 1.82) is 0 Å². The molecule has 1 atom stereocenters. The lowest BCUT2D eigenvalue weighted by Crippen LogP contribution is -2.44. The molecule has 1 aliphatic rings. The van der Waals surface area contributed by atoms with Gasteiger partial charge in [0.15, 0.2) is 5.84 Å². The molecule has 5 nitrogen and oxygen atoms in total. The van der Waals surface area contributed by atoms with Gasteiger partial charge in [-0.2, -0.15) is 0 Å². The van der Waals surface area contributed by atoms with E-state index in [0.717, 1.165) is 6.42 Å². The minimum atomic E-state index is 0.0594. The first-order valence-corrected chi connectivity index (χ1v) is 5.56. The highest BCUT2D eigenvalue weighted by Crippen LogP contribution is 2.52. The second kappa shape index (κ2) is 4.31. The van der Waals surface area contributed by atoms with Crippen LogP contribution in [0, 0.1) is 11.3 Å². The van der Waals surface area contributed by atoms with E-state index in [0.29, 0.717) is 0 Å². The van der Waals surface area contributed by atoms with Crippen LogP contribution < -0.4 is 5.73 Å². The van der Waals surface area contributed by atoms with Crippen LogP contribution in [0.4, 0.5) is 0 Å². The van der Waals surface area contributed by atoms with Gasteiger partial charge < -0.3 is 15.8 Å². The molecular weight excluding hydrogens is 206 g/mol. The molecule has 1 amide bonds. The topological polar surface area (TPSA) is 78.9 Å². The van der Waals surface area contributed by atoms with Crippen LogP contribution in [0.2, 0.25) is 0 Å². The number of hydrogen-bond donors (Lipinski definition) is 2. The third kappa shape index (κ3) is 2.65. The zero-order chi connectivity index (χ0) is 12.5. The van der Waals surface area contributed by atoms with Crippen LogP contribution in [0.25, 0.3) is 0 Å². The Bertz CT molecular complexity index is 310. The van der Waals surface area contributed by atoms with Gasteiger partial charge in [0.25, 0.3) is 0 Å². The van der Waals surface area contributed by atoms with Crippen LogP contribution in [-0.4, -0.2) is 34.4 Å². The predicted molar refractivity (Wildman–Crippen MR) is 62.1 cm³/mol. The van der Waals surface area contributed by atoms with Gasteiger partial charge in [0, 0.05) is 12.0 Å². The lowest BCUT2D eigenvalue weighted by Gasteiger charge is -2.26. The summed E-state index contributed by atoms with van der Waals surface area (Å²) in [5, 5.41) is 11.4. The number of carbonyl (C=O) groups is 1. The van der Waals surface area contributed by atoms with E-state index in [4.69, 9.17) is 10.9 Å². The van der Waals surface area contributed by atoms with E-state index in [1.165, 1.54) is 0 Å². The van der Waals surface area contributed by atoms with Crippen molar-refractivity contribution in [2.24, 2.45) is 22.2 Å². The first-order chi connectivity index (χ1) is 7.29. The number of carbonyl (C=O) groups excluding carboxylic acids is 1. The summed E-state index contributed by atoms with van der Waals surface area (Å²) in [5.41, 5.74) is 5.55. The van der Waals surface area contributed by atoms with E-state index in [-0.39, 0.29) is 35.7 Å². The lowest BCUT2D eigenvalue weighted by molar-refractivity contribution is -0.134. The van der Waals surface area contributed by atoms with Crippen LogP contribution in [0.3, 0.4) is 0 Å². The van der Waals surface area contributed by atoms with Crippen molar-refractivity contribution in [2.45, 2.75) is 40.2 Å². The zero-order valence-corrected chi connectivity index (χ0v) is 10.4. The van der Waals surface area contributed by atoms with E-state index >= 15 is 0 Å². The summed E-state index contributed by atoms with van der Waals surface area (Å²) in [7, 11) is 0. The summed E-state index contributed by atoms with van der Waals surface area (Å²) in [5.74, 6) is 0.258. The van der Waals surface area contributed by atoms with E-state index in [2.05, 4.69) is 19.0 Å². The molecule has 1 rings (SSSR count). The molecule has 3 N–H and O–H groups in total. The molecular formula is C11H21N3O2. The SMILES string of the molecule is CC(C)N(CC(N)=NO)C(=O)C1CC1(C)C. The maximum absolute atomic E-state index is 12.1. The minimum Gasteiger partial charge on any atom is -0.409 e. The van der Waals surface area contributed by atoms with Gasteiger partial charge in [0.1, 0.15) is 0 Å². The molecule has 5 heteroatoms. The molecule has 0 aromatic rings. The average Bonchev–Trinajstić information content (AvgIpc) is 2.82. The number of nitrogens with zero attached hydrogens (tertiary/aromatic N) is 2. The number of amides is 1. The van der Waals surface area contributed by atoms with Crippen molar-refractivity contribution in [3.05, 3.63) is 0 Å². The summed E-state index contributed by atoms with van der Waals surface area (Å²) in [6, 6.07) is 0.0594. The molecule has 1 fully saturated rings. The van der Waals surface area contributed by atoms with Gasteiger partial charge in [-0.25, -0.2) is 0 Å². The summed E-state index contributed by atoms with van der Waals surface area (Å²) >= 11 is 0. The number of oxime groups is 1. The molecule has 1 aliphatic carbocycles. The molecule has 1 unspecified atom stereocenters. The van der Waals surface area contributed by atoms with Crippen molar-refractivity contribution in [2.75, 3.05) is 6.54 Å². The van der Waals surface area contributed by atoms with Gasteiger partial charge in [0.2, 0.25) is 5.91 Å². The summed E-state index contributed by atoms with van der Waals surface area (Å²) in [6.07, 6.45) is 0.922. The molecule has 0 aromatic carbocycles. The standard InChI is InChI=1S/C11H21N3O2/c1-7(2)14(6-9(12)13-16)10(15)8-5-11(8,3)4/h7-8,16H,5-6H2,1-4H3,(H2,12,13). The van der Waals surface area contributed by atoms with Gasteiger partial charge in [-0.1, -0.05) is 19.0 Å². The maximum atomic E-state index is 12.1. The Kier molecular flexibility index (Phi) is 3.45. The summed E-state index contributed by atoms with van der Waals surface area (Å²) < 4.78 is 0. The molecule has 0 heterocycles. The van der Waals surface area contributed by atoms with Gasteiger partial charge in [-0.05, 0) is 25.7 Å². The molecule has 16 heavy (non-hydrogen) atoms. The zero-order valence-electron chi connectivity index (χ0n) is 10.4. The Morgan fingerprint density at radius 3 is 2.44 bits per heavy atom. The van der Waals surface area contributed by atoms with Crippen molar-refractivity contribution in [3.63, 3.8) is 0 Å². The summed E-state index contributed by atoms with van der Waals surface area (Å²) in [6.45, 7) is 8.21. The molecule has 0 radical (unpaired) electrons. The smallest absolute Gasteiger partial charge is 0.226 e. The van der Waals surface area contributed by atoms with Crippen LogP contribution in [0.1, 0.15) is 34.1 Å². The van der Waals surface area contributed by atoms with Gasteiger partial charge in [0.05, 0.1) is 6.54 Å². The van der Waals surface area contributed by atoms with Crippen LogP contribution >= 0.6 is 0 Å². The Morgan fingerprint density at radius 2 is 2.12 bits per heavy atom. The van der Waals surface area contributed by atoms with E-state index in [9.17, 15) is 4.79 Å². The lowest BCUT2D eigenvalue weighted by atomic mass is 10.1. The Morgan fingerprint density at radius 1 is 1.62 bits per heavy atom. The molecule has 0 bridgehead atoms. The van der Waals surface area contributed by atoms with Gasteiger partial charge >= 0.3 is 0 Å². The second-order valence-electron chi connectivity index (χ2n) is 5.40. The van der Waals surface area contributed by atoms with Crippen molar-refractivity contribution < 1.29 is 10.0 Å². The number of nitrogens with two attached hydrogens (primary N) is 1. The fraction of sp³-hybridized carbons (Fsp3) is 0.818. The molecule has 0 saturated heterocycles. The van der Waals surface area contributed by atoms with Crippen molar-refractivity contribution in [1.82, 2.24) is 4.90 Å². The first-order valence-electron chi connectivity index (χ1n) is 5.56.